The lowest BCUT2D eigenvalue weighted by molar-refractivity contribution is -0.117. The molecule has 1 aromatic carbocycles. The summed E-state index contributed by atoms with van der Waals surface area (Å²) in [5, 5.41) is 12.6. The van der Waals surface area contributed by atoms with Crippen LogP contribution in [0, 0.1) is 13.8 Å². The van der Waals surface area contributed by atoms with Crippen molar-refractivity contribution in [1.29, 1.82) is 0 Å². The van der Waals surface area contributed by atoms with E-state index < -0.39 is 11.9 Å². The van der Waals surface area contributed by atoms with E-state index in [0.717, 1.165) is 34.6 Å². The molecule has 2 rings (SSSR count). The Labute approximate surface area is 139 Å². The highest BCUT2D eigenvalue weighted by atomic mass is 32.1. The lowest BCUT2D eigenvalue weighted by Crippen LogP contribution is -2.20. The number of aryl methyl sites for hydroxylation is 3. The van der Waals surface area contributed by atoms with E-state index in [1.165, 1.54) is 0 Å². The first-order chi connectivity index (χ1) is 10.8. The highest BCUT2D eigenvalue weighted by Gasteiger charge is 2.23. The zero-order valence-electron chi connectivity index (χ0n) is 13.6. The van der Waals surface area contributed by atoms with Crippen molar-refractivity contribution in [2.75, 3.05) is 5.32 Å². The number of hydrogen-bond donors (Lipinski definition) is 2. The molecule has 0 saturated heterocycles. The molecule has 0 unspecified atom stereocenters. The van der Waals surface area contributed by atoms with Crippen molar-refractivity contribution in [2.24, 2.45) is 0 Å². The number of thiazole rings is 1. The van der Waals surface area contributed by atoms with Gasteiger partial charge in [0.05, 0.1) is 11.6 Å². The highest BCUT2D eigenvalue weighted by molar-refractivity contribution is 7.13. The Balaban J connectivity index is 2.24. The van der Waals surface area contributed by atoms with Crippen molar-refractivity contribution in [3.05, 3.63) is 44.9 Å². The maximum Gasteiger partial charge on any atom is 0.347 e. The second kappa shape index (κ2) is 6.91. The summed E-state index contributed by atoms with van der Waals surface area (Å²) in [7, 11) is 0. The number of carbonyl (C=O) groups is 2. The molecule has 0 aliphatic carbocycles. The molecular weight excluding hydrogens is 312 g/mol. The minimum atomic E-state index is -1.01. The first-order valence-electron chi connectivity index (χ1n) is 7.45. The fraction of sp³-hybridized carbons (Fsp3) is 0.353. The van der Waals surface area contributed by atoms with E-state index in [1.54, 1.807) is 13.8 Å². The molecule has 6 heteroatoms. The van der Waals surface area contributed by atoms with Gasteiger partial charge in [0.1, 0.15) is 9.88 Å². The largest absolute Gasteiger partial charge is 0.477 e. The maximum atomic E-state index is 12.5. The number of carboxylic acid groups (broad SMARTS) is 1. The minimum Gasteiger partial charge on any atom is -0.477 e. The molecule has 0 fully saturated rings. The van der Waals surface area contributed by atoms with Gasteiger partial charge in [0, 0.05) is 5.69 Å². The van der Waals surface area contributed by atoms with E-state index in [4.69, 9.17) is 5.11 Å². The molecular formula is C17H20N2O3S. The zero-order chi connectivity index (χ0) is 17.1. The van der Waals surface area contributed by atoms with Gasteiger partial charge in [0.15, 0.2) is 0 Å². The van der Waals surface area contributed by atoms with E-state index in [1.807, 2.05) is 32.0 Å². The summed E-state index contributed by atoms with van der Waals surface area (Å²) < 4.78 is 0. The number of aromatic nitrogens is 1. The normalized spacial score (nSPS) is 12.0. The third-order valence-electron chi connectivity index (χ3n) is 3.76. The molecule has 2 aromatic rings. The van der Waals surface area contributed by atoms with Crippen molar-refractivity contribution in [3.8, 4) is 0 Å². The molecule has 0 spiro atoms. The third-order valence-corrected chi connectivity index (χ3v) is 5.09. The Morgan fingerprint density at radius 2 is 2.04 bits per heavy atom. The predicted octanol–water partition coefficient (Wildman–Crippen LogP) is 3.76. The summed E-state index contributed by atoms with van der Waals surface area (Å²) in [6.07, 6.45) is 0.825. The highest BCUT2D eigenvalue weighted by Crippen LogP contribution is 2.28. The molecule has 0 bridgehead atoms. The van der Waals surface area contributed by atoms with E-state index in [-0.39, 0.29) is 10.8 Å². The van der Waals surface area contributed by atoms with Gasteiger partial charge in [-0.3, -0.25) is 4.79 Å². The van der Waals surface area contributed by atoms with Crippen LogP contribution in [0.3, 0.4) is 0 Å². The summed E-state index contributed by atoms with van der Waals surface area (Å²) in [6.45, 7) is 7.38. The van der Waals surface area contributed by atoms with E-state index in [2.05, 4.69) is 10.3 Å². The van der Waals surface area contributed by atoms with E-state index in [0.29, 0.717) is 10.7 Å². The van der Waals surface area contributed by atoms with Crippen LogP contribution in [-0.4, -0.2) is 22.0 Å². The number of aromatic carboxylic acids is 1. The number of nitrogens with one attached hydrogen (secondary N) is 1. The summed E-state index contributed by atoms with van der Waals surface area (Å²) in [4.78, 5) is 28.1. The van der Waals surface area contributed by atoms with Crippen molar-refractivity contribution in [3.63, 3.8) is 0 Å². The Hall–Kier alpha value is -2.21. The molecule has 1 atom stereocenters. The predicted molar refractivity (Wildman–Crippen MR) is 91.4 cm³/mol. The Morgan fingerprint density at radius 1 is 1.35 bits per heavy atom. The van der Waals surface area contributed by atoms with Gasteiger partial charge in [0.2, 0.25) is 5.91 Å². The van der Waals surface area contributed by atoms with Crippen LogP contribution in [0.15, 0.2) is 18.2 Å². The smallest absolute Gasteiger partial charge is 0.347 e. The van der Waals surface area contributed by atoms with Gasteiger partial charge in [-0.05, 0) is 38.3 Å². The summed E-state index contributed by atoms with van der Waals surface area (Å²) in [6, 6.07) is 5.91. The fourth-order valence-corrected chi connectivity index (χ4v) is 3.30. The molecule has 0 saturated carbocycles. The molecule has 0 radical (unpaired) electrons. The number of carboxylic acids is 1. The Morgan fingerprint density at radius 3 is 2.61 bits per heavy atom. The van der Waals surface area contributed by atoms with Gasteiger partial charge >= 0.3 is 5.97 Å². The third kappa shape index (κ3) is 3.59. The topological polar surface area (TPSA) is 79.3 Å². The Kier molecular flexibility index (Phi) is 5.15. The van der Waals surface area contributed by atoms with Gasteiger partial charge < -0.3 is 10.4 Å². The second-order valence-electron chi connectivity index (χ2n) is 5.45. The van der Waals surface area contributed by atoms with Gasteiger partial charge in [-0.2, -0.15) is 0 Å². The monoisotopic (exact) mass is 332 g/mol. The van der Waals surface area contributed by atoms with E-state index in [9.17, 15) is 9.59 Å². The molecule has 0 aliphatic heterocycles. The quantitative estimate of drug-likeness (QED) is 0.873. The fourth-order valence-electron chi connectivity index (χ4n) is 2.35. The average molecular weight is 332 g/mol. The summed E-state index contributed by atoms with van der Waals surface area (Å²) in [5.74, 6) is -1.69. The van der Waals surface area contributed by atoms with Crippen LogP contribution < -0.4 is 5.32 Å². The zero-order valence-corrected chi connectivity index (χ0v) is 14.5. The first kappa shape index (κ1) is 17.1. The second-order valence-corrected chi connectivity index (χ2v) is 6.48. The molecule has 0 aliphatic rings. The summed E-state index contributed by atoms with van der Waals surface area (Å²) >= 11 is 1.06. The lowest BCUT2D eigenvalue weighted by Gasteiger charge is -2.15. The van der Waals surface area contributed by atoms with Crippen LogP contribution in [0.4, 0.5) is 5.69 Å². The number of anilines is 1. The lowest BCUT2D eigenvalue weighted by atomic mass is 10.0. The number of benzene rings is 1. The number of nitrogens with zero attached hydrogens (tertiary/aromatic N) is 1. The van der Waals surface area contributed by atoms with Gasteiger partial charge in [-0.25, -0.2) is 9.78 Å². The molecule has 2 N–H and O–H groups in total. The number of amides is 1. The van der Waals surface area contributed by atoms with E-state index >= 15 is 0 Å². The molecule has 5 nitrogen and oxygen atoms in total. The van der Waals surface area contributed by atoms with Crippen LogP contribution in [0.1, 0.15) is 51.3 Å². The molecule has 122 valence electrons. The maximum absolute atomic E-state index is 12.5. The van der Waals surface area contributed by atoms with Crippen molar-refractivity contribution in [1.82, 2.24) is 4.98 Å². The molecule has 1 amide bonds. The standard InChI is InChI=1S/C17H20N2O3S/c1-5-12-8-6-7-9(2)13(12)19-15(20)10(3)16-18-11(4)14(23-16)17(21)22/h6-8,10H,5H2,1-4H3,(H,19,20)(H,21,22)/t10-/m1/s1. The van der Waals surface area contributed by atoms with Crippen molar-refractivity contribution in [2.45, 2.75) is 40.0 Å². The number of hydrogen-bond acceptors (Lipinski definition) is 4. The average Bonchev–Trinajstić information content (AvgIpc) is 2.90. The first-order valence-corrected chi connectivity index (χ1v) is 8.26. The van der Waals surface area contributed by atoms with Gasteiger partial charge in [-0.1, -0.05) is 25.1 Å². The van der Waals surface area contributed by atoms with Crippen LogP contribution in [-0.2, 0) is 11.2 Å². The van der Waals surface area contributed by atoms with Gasteiger partial charge in [-0.15, -0.1) is 11.3 Å². The SMILES string of the molecule is CCc1cccc(C)c1NC(=O)[C@@H](C)c1nc(C)c(C(=O)O)s1. The van der Waals surface area contributed by atoms with Gasteiger partial charge in [0.25, 0.3) is 0 Å². The number of carbonyl (C=O) groups excluding carboxylic acids is 1. The van der Waals surface area contributed by atoms with Crippen LogP contribution in [0.5, 0.6) is 0 Å². The summed E-state index contributed by atoms with van der Waals surface area (Å²) in [5.41, 5.74) is 3.36. The van der Waals surface area contributed by atoms with Crippen LogP contribution in [0.2, 0.25) is 0 Å². The van der Waals surface area contributed by atoms with Crippen LogP contribution >= 0.6 is 11.3 Å². The number of rotatable bonds is 5. The number of para-hydroxylation sites is 1. The Bertz CT molecular complexity index is 752. The van der Waals surface area contributed by atoms with Crippen LogP contribution in [0.25, 0.3) is 0 Å². The molecule has 1 aromatic heterocycles. The van der Waals surface area contributed by atoms with Crippen molar-refractivity contribution >= 4 is 28.9 Å². The minimum absolute atomic E-state index is 0.181. The molecule has 23 heavy (non-hydrogen) atoms. The molecule has 1 heterocycles. The van der Waals surface area contributed by atoms with Crippen molar-refractivity contribution < 1.29 is 14.7 Å².